The van der Waals surface area contributed by atoms with Crippen LogP contribution >= 0.6 is 0 Å². The zero-order valence-corrected chi connectivity index (χ0v) is 27.0. The first-order valence-electron chi connectivity index (χ1n) is 16.4. The predicted octanol–water partition coefficient (Wildman–Crippen LogP) is 7.71. The van der Waals surface area contributed by atoms with Gasteiger partial charge in [-0.1, -0.05) is 91.0 Å². The van der Waals surface area contributed by atoms with Gasteiger partial charge in [0, 0.05) is 44.2 Å². The van der Waals surface area contributed by atoms with Gasteiger partial charge in [-0.05, 0) is 92.4 Å². The summed E-state index contributed by atoms with van der Waals surface area (Å²) in [4.78, 5) is 2.70. The average molecular weight is 626 g/mol. The zero-order valence-electron chi connectivity index (χ0n) is 26.2. The Bertz CT molecular complexity index is 2200. The van der Waals surface area contributed by atoms with Crippen molar-refractivity contribution in [3.8, 4) is 0 Å². The number of nitrogens with zero attached hydrogens (tertiary/aromatic N) is 1. The van der Waals surface area contributed by atoms with Crippen molar-refractivity contribution >= 4 is 53.5 Å². The molecule has 0 aromatic heterocycles. The molecule has 0 bridgehead atoms. The van der Waals surface area contributed by atoms with Crippen molar-refractivity contribution in [1.82, 2.24) is 5.32 Å². The topological polar surface area (TPSA) is 61.4 Å². The van der Waals surface area contributed by atoms with Gasteiger partial charge in [-0.2, -0.15) is 0 Å². The lowest BCUT2D eigenvalue weighted by atomic mass is 9.77. The third kappa shape index (κ3) is 5.50. The first kappa shape index (κ1) is 29.0. The van der Waals surface area contributed by atoms with Crippen molar-refractivity contribution in [3.63, 3.8) is 0 Å². The molecule has 2 aliphatic rings. The van der Waals surface area contributed by atoms with Crippen molar-refractivity contribution in [3.05, 3.63) is 126 Å². The summed E-state index contributed by atoms with van der Waals surface area (Å²) in [5, 5.41) is 14.8. The number of piperazine rings is 1. The summed E-state index contributed by atoms with van der Waals surface area (Å²) in [5.74, 6) is 0.322. The largest absolute Gasteiger partial charge is 0.381 e. The van der Waals surface area contributed by atoms with Crippen molar-refractivity contribution in [2.24, 2.45) is 0 Å². The molecule has 6 aromatic carbocycles. The van der Waals surface area contributed by atoms with E-state index in [4.69, 9.17) is 0 Å². The molecule has 2 N–H and O–H groups in total. The SMILES string of the molecule is CS(=O)(=O)c1ccc(N2CCNCC2)cc1NC1Cc2ccccc2C(Cc2ccc3c(ccc4c5ccccc5ccc34)c2)C1. The molecule has 5 nitrogen and oxygen atoms in total. The Labute approximate surface area is 271 Å². The number of hydrogen-bond donors (Lipinski definition) is 2. The number of benzene rings is 6. The smallest absolute Gasteiger partial charge is 0.177 e. The fraction of sp³-hybridized carbons (Fsp3) is 0.250. The Morgan fingerprint density at radius 3 is 2.30 bits per heavy atom. The summed E-state index contributed by atoms with van der Waals surface area (Å²) in [7, 11) is -3.40. The Kier molecular flexibility index (Phi) is 7.42. The first-order valence-corrected chi connectivity index (χ1v) is 18.3. The molecular formula is C40H39N3O2S. The third-order valence-electron chi connectivity index (χ3n) is 10.0. The van der Waals surface area contributed by atoms with Crippen LogP contribution in [0.4, 0.5) is 11.4 Å². The number of fused-ring (bicyclic) bond motifs is 6. The van der Waals surface area contributed by atoms with Gasteiger partial charge in [0.25, 0.3) is 0 Å². The van der Waals surface area contributed by atoms with Gasteiger partial charge in [0.1, 0.15) is 0 Å². The van der Waals surface area contributed by atoms with Crippen molar-refractivity contribution in [2.45, 2.75) is 36.1 Å². The van der Waals surface area contributed by atoms with Gasteiger partial charge in [0.05, 0.1) is 10.6 Å². The van der Waals surface area contributed by atoms with Gasteiger partial charge in [-0.3, -0.25) is 0 Å². The quantitative estimate of drug-likeness (QED) is 0.186. The molecule has 0 saturated carbocycles. The van der Waals surface area contributed by atoms with Crippen LogP contribution in [-0.2, 0) is 22.7 Å². The van der Waals surface area contributed by atoms with E-state index in [1.165, 1.54) is 55.3 Å². The highest BCUT2D eigenvalue weighted by Crippen LogP contribution is 2.38. The molecule has 8 rings (SSSR count). The minimum Gasteiger partial charge on any atom is -0.381 e. The molecule has 2 unspecified atom stereocenters. The molecule has 1 aliphatic carbocycles. The van der Waals surface area contributed by atoms with E-state index >= 15 is 0 Å². The van der Waals surface area contributed by atoms with Gasteiger partial charge in [0.15, 0.2) is 9.84 Å². The maximum Gasteiger partial charge on any atom is 0.177 e. The first-order chi connectivity index (χ1) is 22.4. The molecule has 1 heterocycles. The molecule has 0 radical (unpaired) electrons. The van der Waals surface area contributed by atoms with Crippen LogP contribution in [-0.4, -0.2) is 46.9 Å². The second-order valence-electron chi connectivity index (χ2n) is 13.1. The summed E-state index contributed by atoms with van der Waals surface area (Å²) in [5.41, 5.74) is 5.86. The minimum atomic E-state index is -3.40. The molecular weight excluding hydrogens is 587 g/mol. The van der Waals surface area contributed by atoms with Crippen LogP contribution in [0.15, 0.2) is 114 Å². The van der Waals surface area contributed by atoms with E-state index in [9.17, 15) is 8.42 Å². The van der Waals surface area contributed by atoms with E-state index in [0.717, 1.165) is 51.1 Å². The molecule has 1 saturated heterocycles. The number of rotatable bonds is 6. The fourth-order valence-corrected chi connectivity index (χ4v) is 8.66. The predicted molar refractivity (Wildman–Crippen MR) is 192 cm³/mol. The number of nitrogens with one attached hydrogen (secondary N) is 2. The van der Waals surface area contributed by atoms with Gasteiger partial charge in [-0.15, -0.1) is 0 Å². The van der Waals surface area contributed by atoms with Gasteiger partial charge < -0.3 is 15.5 Å². The van der Waals surface area contributed by atoms with Gasteiger partial charge in [0.2, 0.25) is 0 Å². The Morgan fingerprint density at radius 2 is 1.48 bits per heavy atom. The lowest BCUT2D eigenvalue weighted by Crippen LogP contribution is -2.43. The Balaban J connectivity index is 1.10. The van der Waals surface area contributed by atoms with Crippen molar-refractivity contribution in [2.75, 3.05) is 42.7 Å². The molecule has 6 heteroatoms. The standard InChI is InChI=1S/C40H39N3O2S/c1-46(44,45)40-17-13-33(43-20-18-41-19-21-43)26-39(40)42-32-24-29-7-3-4-8-34(29)31(25-32)23-27-10-14-36-30(22-27)12-16-37-35-9-5-2-6-28(35)11-15-38(36)37/h2-17,22,26,31-32,41-42H,18-21,23-25H2,1H3. The van der Waals surface area contributed by atoms with Crippen LogP contribution in [0.25, 0.3) is 32.3 Å². The Hall–Kier alpha value is -4.39. The fourth-order valence-electron chi connectivity index (χ4n) is 7.82. The lowest BCUT2D eigenvalue weighted by molar-refractivity contribution is 0.508. The summed E-state index contributed by atoms with van der Waals surface area (Å²) >= 11 is 0. The molecule has 232 valence electrons. The summed E-state index contributed by atoms with van der Waals surface area (Å²) in [6.45, 7) is 3.68. The monoisotopic (exact) mass is 625 g/mol. The van der Waals surface area contributed by atoms with Crippen molar-refractivity contribution in [1.29, 1.82) is 0 Å². The maximum atomic E-state index is 12.9. The second kappa shape index (κ2) is 11.8. The van der Waals surface area contributed by atoms with Crippen LogP contribution in [0.3, 0.4) is 0 Å². The van der Waals surface area contributed by atoms with Crippen LogP contribution < -0.4 is 15.5 Å². The minimum absolute atomic E-state index is 0.122. The highest BCUT2D eigenvalue weighted by Gasteiger charge is 2.28. The molecule has 6 aromatic rings. The molecule has 0 spiro atoms. The number of hydrogen-bond acceptors (Lipinski definition) is 5. The van der Waals surface area contributed by atoms with E-state index in [-0.39, 0.29) is 6.04 Å². The second-order valence-corrected chi connectivity index (χ2v) is 15.1. The van der Waals surface area contributed by atoms with E-state index in [2.05, 4.69) is 107 Å². The van der Waals surface area contributed by atoms with Crippen LogP contribution in [0, 0.1) is 0 Å². The molecule has 46 heavy (non-hydrogen) atoms. The van der Waals surface area contributed by atoms with Crippen LogP contribution in [0.5, 0.6) is 0 Å². The number of anilines is 2. The molecule has 1 fully saturated rings. The van der Waals surface area contributed by atoms with E-state index in [1.807, 2.05) is 12.1 Å². The van der Waals surface area contributed by atoms with Crippen LogP contribution in [0.1, 0.15) is 29.0 Å². The van der Waals surface area contributed by atoms with Gasteiger partial charge >= 0.3 is 0 Å². The maximum absolute atomic E-state index is 12.9. The highest BCUT2D eigenvalue weighted by atomic mass is 32.2. The van der Waals surface area contributed by atoms with Crippen molar-refractivity contribution < 1.29 is 8.42 Å². The summed E-state index contributed by atoms with van der Waals surface area (Å²) in [6.07, 6.45) is 4.04. The average Bonchev–Trinajstić information content (AvgIpc) is 3.08. The van der Waals surface area contributed by atoms with E-state index in [0.29, 0.717) is 16.5 Å². The normalized spacial score (nSPS) is 18.6. The molecule has 0 amide bonds. The number of sulfone groups is 1. The zero-order chi connectivity index (χ0) is 31.3. The van der Waals surface area contributed by atoms with Gasteiger partial charge in [-0.25, -0.2) is 8.42 Å². The van der Waals surface area contributed by atoms with E-state index in [1.54, 1.807) is 6.07 Å². The molecule has 1 aliphatic heterocycles. The highest BCUT2D eigenvalue weighted by molar-refractivity contribution is 7.90. The summed E-state index contributed by atoms with van der Waals surface area (Å²) < 4.78 is 25.8. The van der Waals surface area contributed by atoms with Crippen LogP contribution in [0.2, 0.25) is 0 Å². The lowest BCUT2D eigenvalue weighted by Gasteiger charge is -2.34. The summed E-state index contributed by atoms with van der Waals surface area (Å²) in [6, 6.07) is 39.3. The molecule has 2 atom stereocenters. The van der Waals surface area contributed by atoms with E-state index < -0.39 is 9.84 Å². The Morgan fingerprint density at radius 1 is 0.761 bits per heavy atom. The third-order valence-corrected chi connectivity index (χ3v) is 11.2.